The second-order valence-corrected chi connectivity index (χ2v) is 9.40. The number of halogens is 2. The average Bonchev–Trinajstić information content (AvgIpc) is 3.17. The van der Waals surface area contributed by atoms with Crippen LogP contribution in [0.5, 0.6) is 0 Å². The van der Waals surface area contributed by atoms with Gasteiger partial charge in [-0.1, -0.05) is 33.8 Å². The molecule has 1 fully saturated rings. The molecular weight excluding hydrogens is 432 g/mol. The summed E-state index contributed by atoms with van der Waals surface area (Å²) in [4.78, 5) is 40.6. The summed E-state index contributed by atoms with van der Waals surface area (Å²) < 4.78 is 28.2. The van der Waals surface area contributed by atoms with Crippen molar-refractivity contribution in [2.45, 2.75) is 65.2 Å². The standard InChI is InChI=1S/C23H35F2N5O3/c1-7-27-14-11-17(21(32)28-18-15(24)9-8-10-16(18)25)30(12-14)22(33)19(23(3,4)5)29-20(31)13(2)26-6/h8-10,13-14,17,19,26-27H,7,11-12H2,1-6H3,(H,28,32)(H,29,31). The van der Waals surface area contributed by atoms with E-state index in [1.807, 2.05) is 27.7 Å². The molecule has 4 unspecified atom stereocenters. The minimum absolute atomic E-state index is 0.173. The Kier molecular flexibility index (Phi) is 8.90. The number of carbonyl (C=O) groups is 3. The first kappa shape index (κ1) is 26.7. The summed E-state index contributed by atoms with van der Waals surface area (Å²) in [5.74, 6) is -3.25. The maximum Gasteiger partial charge on any atom is 0.247 e. The molecule has 0 bridgehead atoms. The van der Waals surface area contributed by atoms with Crippen LogP contribution in [0.3, 0.4) is 0 Å². The number of para-hydroxylation sites is 1. The van der Waals surface area contributed by atoms with Crippen LogP contribution in [0.15, 0.2) is 18.2 Å². The van der Waals surface area contributed by atoms with Crippen LogP contribution in [0.1, 0.15) is 41.0 Å². The fourth-order valence-electron chi connectivity index (χ4n) is 3.80. The van der Waals surface area contributed by atoms with E-state index < -0.39 is 52.7 Å². The first-order valence-electron chi connectivity index (χ1n) is 11.2. The second-order valence-electron chi connectivity index (χ2n) is 9.40. The van der Waals surface area contributed by atoms with E-state index in [0.717, 1.165) is 12.1 Å². The Bertz CT molecular complexity index is 854. The number of benzene rings is 1. The van der Waals surface area contributed by atoms with Crippen molar-refractivity contribution in [2.75, 3.05) is 25.5 Å². The zero-order chi connectivity index (χ0) is 24.9. The average molecular weight is 468 g/mol. The maximum absolute atomic E-state index is 14.1. The summed E-state index contributed by atoms with van der Waals surface area (Å²) in [6, 6.07) is 0.755. The van der Waals surface area contributed by atoms with E-state index in [4.69, 9.17) is 0 Å². The summed E-state index contributed by atoms with van der Waals surface area (Å²) in [5.41, 5.74) is -1.19. The van der Waals surface area contributed by atoms with Crippen molar-refractivity contribution in [3.8, 4) is 0 Å². The van der Waals surface area contributed by atoms with Crippen LogP contribution in [-0.4, -0.2) is 66.9 Å². The molecule has 1 aromatic carbocycles. The number of hydrogen-bond acceptors (Lipinski definition) is 5. The summed E-state index contributed by atoms with van der Waals surface area (Å²) in [7, 11) is 1.64. The van der Waals surface area contributed by atoms with Gasteiger partial charge in [-0.2, -0.15) is 0 Å². The highest BCUT2D eigenvalue weighted by Crippen LogP contribution is 2.27. The number of hydrogen-bond donors (Lipinski definition) is 4. The Morgan fingerprint density at radius 1 is 1.18 bits per heavy atom. The molecule has 0 radical (unpaired) electrons. The van der Waals surface area contributed by atoms with E-state index in [1.54, 1.807) is 14.0 Å². The quantitative estimate of drug-likeness (QED) is 0.465. The van der Waals surface area contributed by atoms with Crippen LogP contribution < -0.4 is 21.3 Å². The van der Waals surface area contributed by atoms with Gasteiger partial charge in [0.1, 0.15) is 29.4 Å². The number of nitrogens with one attached hydrogen (secondary N) is 4. The SMILES string of the molecule is CCNC1CC(C(=O)Nc2c(F)cccc2F)N(C(=O)C(NC(=O)C(C)NC)C(C)(C)C)C1. The molecule has 0 aliphatic carbocycles. The van der Waals surface area contributed by atoms with Gasteiger partial charge < -0.3 is 26.2 Å². The van der Waals surface area contributed by atoms with Crippen LogP contribution in [0.4, 0.5) is 14.5 Å². The summed E-state index contributed by atoms with van der Waals surface area (Å²) in [6.45, 7) is 9.91. The maximum atomic E-state index is 14.1. The number of likely N-dealkylation sites (tertiary alicyclic amines) is 1. The normalized spacial score (nSPS) is 20.3. The van der Waals surface area contributed by atoms with Gasteiger partial charge in [0.2, 0.25) is 17.7 Å². The van der Waals surface area contributed by atoms with Gasteiger partial charge in [0.05, 0.1) is 6.04 Å². The minimum Gasteiger partial charge on any atom is -0.342 e. The third-order valence-electron chi connectivity index (χ3n) is 5.82. The van der Waals surface area contributed by atoms with Gasteiger partial charge in [-0.05, 0) is 44.5 Å². The van der Waals surface area contributed by atoms with Crippen molar-refractivity contribution in [1.29, 1.82) is 0 Å². The monoisotopic (exact) mass is 467 g/mol. The Labute approximate surface area is 193 Å². The minimum atomic E-state index is -0.955. The van der Waals surface area contributed by atoms with Gasteiger partial charge >= 0.3 is 0 Å². The van der Waals surface area contributed by atoms with Crippen molar-refractivity contribution in [2.24, 2.45) is 5.41 Å². The lowest BCUT2D eigenvalue weighted by molar-refractivity contribution is -0.143. The van der Waals surface area contributed by atoms with E-state index in [-0.39, 0.29) is 24.9 Å². The number of rotatable bonds is 8. The lowest BCUT2D eigenvalue weighted by Gasteiger charge is -2.36. The number of amides is 3. The molecule has 0 spiro atoms. The van der Waals surface area contributed by atoms with Crippen molar-refractivity contribution in [1.82, 2.24) is 20.9 Å². The van der Waals surface area contributed by atoms with Crippen molar-refractivity contribution in [3.05, 3.63) is 29.8 Å². The van der Waals surface area contributed by atoms with Crippen molar-refractivity contribution >= 4 is 23.4 Å². The van der Waals surface area contributed by atoms with E-state index >= 15 is 0 Å². The van der Waals surface area contributed by atoms with E-state index in [0.29, 0.717) is 6.54 Å². The Morgan fingerprint density at radius 2 is 1.79 bits per heavy atom. The Morgan fingerprint density at radius 3 is 2.30 bits per heavy atom. The molecule has 0 aromatic heterocycles. The van der Waals surface area contributed by atoms with Crippen LogP contribution >= 0.6 is 0 Å². The third kappa shape index (κ3) is 6.48. The molecule has 33 heavy (non-hydrogen) atoms. The summed E-state index contributed by atoms with van der Waals surface area (Å²) >= 11 is 0. The van der Waals surface area contributed by atoms with Crippen LogP contribution in [0.2, 0.25) is 0 Å². The zero-order valence-electron chi connectivity index (χ0n) is 20.1. The summed E-state index contributed by atoms with van der Waals surface area (Å²) in [5, 5.41) is 11.2. The molecule has 3 amide bonds. The highest BCUT2D eigenvalue weighted by molar-refractivity contribution is 5.99. The molecule has 4 atom stereocenters. The van der Waals surface area contributed by atoms with Gasteiger partial charge in [-0.15, -0.1) is 0 Å². The topological polar surface area (TPSA) is 103 Å². The molecule has 1 heterocycles. The van der Waals surface area contributed by atoms with Gasteiger partial charge in [0, 0.05) is 12.6 Å². The van der Waals surface area contributed by atoms with Gasteiger partial charge in [-0.3, -0.25) is 14.4 Å². The van der Waals surface area contributed by atoms with Gasteiger partial charge in [0.25, 0.3) is 0 Å². The predicted octanol–water partition coefficient (Wildman–Crippen LogP) is 1.62. The fourth-order valence-corrected chi connectivity index (χ4v) is 3.80. The second kappa shape index (κ2) is 11.0. The van der Waals surface area contributed by atoms with Crippen LogP contribution in [0, 0.1) is 17.0 Å². The van der Waals surface area contributed by atoms with Crippen LogP contribution in [-0.2, 0) is 14.4 Å². The van der Waals surface area contributed by atoms with E-state index in [9.17, 15) is 23.2 Å². The van der Waals surface area contributed by atoms with E-state index in [1.165, 1.54) is 11.0 Å². The van der Waals surface area contributed by atoms with Gasteiger partial charge in [-0.25, -0.2) is 8.78 Å². The lowest BCUT2D eigenvalue weighted by atomic mass is 9.85. The fraction of sp³-hybridized carbons (Fsp3) is 0.609. The number of carbonyl (C=O) groups excluding carboxylic acids is 3. The first-order valence-corrected chi connectivity index (χ1v) is 11.2. The number of likely N-dealkylation sites (N-methyl/N-ethyl adjacent to an activating group) is 2. The smallest absolute Gasteiger partial charge is 0.247 e. The molecule has 0 saturated carbocycles. The number of anilines is 1. The predicted molar refractivity (Wildman–Crippen MR) is 122 cm³/mol. The zero-order valence-corrected chi connectivity index (χ0v) is 20.1. The molecule has 1 aliphatic rings. The van der Waals surface area contributed by atoms with Crippen LogP contribution in [0.25, 0.3) is 0 Å². The van der Waals surface area contributed by atoms with Crippen molar-refractivity contribution in [3.63, 3.8) is 0 Å². The first-order chi connectivity index (χ1) is 15.4. The largest absolute Gasteiger partial charge is 0.342 e. The molecule has 184 valence electrons. The molecule has 2 rings (SSSR count). The molecule has 1 aromatic rings. The highest BCUT2D eigenvalue weighted by atomic mass is 19.1. The molecular formula is C23H35F2N5O3. The van der Waals surface area contributed by atoms with E-state index in [2.05, 4.69) is 21.3 Å². The van der Waals surface area contributed by atoms with Crippen molar-refractivity contribution < 1.29 is 23.2 Å². The molecule has 8 nitrogen and oxygen atoms in total. The molecule has 1 aliphatic heterocycles. The highest BCUT2D eigenvalue weighted by Gasteiger charge is 2.45. The molecule has 1 saturated heterocycles. The third-order valence-corrected chi connectivity index (χ3v) is 5.82. The molecule has 4 N–H and O–H groups in total. The molecule has 10 heteroatoms. The summed E-state index contributed by atoms with van der Waals surface area (Å²) in [6.07, 6.45) is 0.277. The van der Waals surface area contributed by atoms with Gasteiger partial charge in [0.15, 0.2) is 0 Å². The number of nitrogens with zero attached hydrogens (tertiary/aromatic N) is 1. The Balaban J connectivity index is 2.32. The lowest BCUT2D eigenvalue weighted by Crippen LogP contribution is -2.59. The Hall–Kier alpha value is -2.59.